The molecule has 0 aromatic rings. The average molecular weight is 533 g/mol. The topological polar surface area (TPSA) is 279 Å². The monoisotopic (exact) mass is 532 g/mol. The van der Waals surface area contributed by atoms with Gasteiger partial charge in [0.05, 0.1) is 6.04 Å². The summed E-state index contributed by atoms with van der Waals surface area (Å²) in [6, 6.07) is -4.27. The summed E-state index contributed by atoms with van der Waals surface area (Å²) in [6.07, 6.45) is 1.20. The zero-order valence-corrected chi connectivity index (χ0v) is 21.5. The molecule has 0 aliphatic heterocycles. The van der Waals surface area contributed by atoms with Crippen LogP contribution in [0.5, 0.6) is 0 Å². The number of rotatable bonds is 17. The minimum Gasteiger partial charge on any atom is -0.480 e. The molecule has 206 valence electrons. The molecular weight excluding hydrogens is 492 g/mol. The van der Waals surface area contributed by atoms with Crippen molar-refractivity contribution in [3.8, 4) is 0 Å². The number of aliphatic carboxylic acids is 1. The Balaban J connectivity index is 5.40. The molecule has 15 nitrogen and oxygen atoms in total. The van der Waals surface area contributed by atoms with E-state index >= 15 is 0 Å². The van der Waals surface area contributed by atoms with Gasteiger partial charge in [-0.1, -0.05) is 13.8 Å². The predicted molar refractivity (Wildman–Crippen MR) is 140 cm³/mol. The highest BCUT2D eigenvalue weighted by atomic mass is 32.1. The molecule has 4 atom stereocenters. The largest absolute Gasteiger partial charge is 0.480 e. The molecular formula is C20H40N10O5S. The summed E-state index contributed by atoms with van der Waals surface area (Å²) in [5, 5.41) is 16.7. The van der Waals surface area contributed by atoms with E-state index in [0.717, 1.165) is 0 Å². The van der Waals surface area contributed by atoms with Crippen molar-refractivity contribution in [2.75, 3.05) is 18.8 Å². The Morgan fingerprint density at radius 3 is 1.75 bits per heavy atom. The highest BCUT2D eigenvalue weighted by Gasteiger charge is 2.31. The SMILES string of the molecule is CC(C)C(NC(=O)C(CCCN=C(N)N)NC(=O)C(N)CCCN=C(N)N)C(=O)NC(CS)C(=O)O. The van der Waals surface area contributed by atoms with Gasteiger partial charge >= 0.3 is 5.97 Å². The van der Waals surface area contributed by atoms with Crippen LogP contribution in [0, 0.1) is 5.92 Å². The molecule has 0 aliphatic rings. The van der Waals surface area contributed by atoms with Crippen LogP contribution in [-0.4, -0.2) is 83.7 Å². The maximum Gasteiger partial charge on any atom is 0.327 e. The van der Waals surface area contributed by atoms with Gasteiger partial charge < -0.3 is 49.7 Å². The van der Waals surface area contributed by atoms with Gasteiger partial charge in [-0.15, -0.1) is 0 Å². The van der Waals surface area contributed by atoms with Crippen LogP contribution in [0.25, 0.3) is 0 Å². The Labute approximate surface area is 215 Å². The van der Waals surface area contributed by atoms with E-state index in [1.165, 1.54) is 0 Å². The summed E-state index contributed by atoms with van der Waals surface area (Å²) in [6.45, 7) is 3.86. The molecule has 0 saturated carbocycles. The van der Waals surface area contributed by atoms with E-state index in [-0.39, 0.29) is 43.0 Å². The minimum absolute atomic E-state index is 0.0710. The number of amides is 3. The maximum atomic E-state index is 13.1. The number of thiol groups is 1. The first-order chi connectivity index (χ1) is 16.8. The summed E-state index contributed by atoms with van der Waals surface area (Å²) in [5.41, 5.74) is 27.1. The summed E-state index contributed by atoms with van der Waals surface area (Å²) in [7, 11) is 0. The molecule has 0 spiro atoms. The molecule has 0 rings (SSSR count). The Kier molecular flexibility index (Phi) is 15.6. The Hall–Kier alpha value is -3.27. The van der Waals surface area contributed by atoms with Crippen LogP contribution in [0.3, 0.4) is 0 Å². The number of carboxylic acids is 1. The molecule has 0 heterocycles. The fourth-order valence-electron chi connectivity index (χ4n) is 2.94. The van der Waals surface area contributed by atoms with Gasteiger partial charge in [-0.25, -0.2) is 4.79 Å². The van der Waals surface area contributed by atoms with Gasteiger partial charge in [-0.3, -0.25) is 24.4 Å². The van der Waals surface area contributed by atoms with E-state index < -0.39 is 47.9 Å². The lowest BCUT2D eigenvalue weighted by Crippen LogP contribution is -2.58. The number of carboxylic acid groups (broad SMARTS) is 1. The maximum absolute atomic E-state index is 13.1. The van der Waals surface area contributed by atoms with E-state index in [2.05, 4.69) is 38.6 Å². The molecule has 16 heteroatoms. The van der Waals surface area contributed by atoms with Crippen LogP contribution in [0.15, 0.2) is 9.98 Å². The van der Waals surface area contributed by atoms with Crippen LogP contribution in [-0.2, 0) is 19.2 Å². The quantitative estimate of drug-likeness (QED) is 0.0382. The summed E-state index contributed by atoms with van der Waals surface area (Å²) < 4.78 is 0. The third-order valence-electron chi connectivity index (χ3n) is 4.93. The fraction of sp³-hybridized carbons (Fsp3) is 0.700. The van der Waals surface area contributed by atoms with Crippen molar-refractivity contribution < 1.29 is 24.3 Å². The number of carbonyl (C=O) groups excluding carboxylic acids is 3. The van der Waals surface area contributed by atoms with E-state index in [9.17, 15) is 19.2 Å². The van der Waals surface area contributed by atoms with Gasteiger partial charge in [0.15, 0.2) is 11.9 Å². The van der Waals surface area contributed by atoms with Crippen molar-refractivity contribution in [2.24, 2.45) is 44.6 Å². The molecule has 14 N–H and O–H groups in total. The highest BCUT2D eigenvalue weighted by molar-refractivity contribution is 7.80. The number of aliphatic imine (C=N–C) groups is 2. The fourth-order valence-corrected chi connectivity index (χ4v) is 3.18. The number of nitrogens with zero attached hydrogens (tertiary/aromatic N) is 2. The van der Waals surface area contributed by atoms with Crippen molar-refractivity contribution in [1.29, 1.82) is 0 Å². The Morgan fingerprint density at radius 1 is 0.806 bits per heavy atom. The number of hydrogen-bond acceptors (Lipinski definition) is 8. The molecule has 4 unspecified atom stereocenters. The third-order valence-corrected chi connectivity index (χ3v) is 5.29. The first-order valence-corrected chi connectivity index (χ1v) is 12.0. The molecule has 0 aromatic heterocycles. The molecule has 0 bridgehead atoms. The zero-order valence-electron chi connectivity index (χ0n) is 20.6. The molecule has 0 radical (unpaired) electrons. The number of nitrogens with one attached hydrogen (secondary N) is 3. The lowest BCUT2D eigenvalue weighted by atomic mass is 10.0. The lowest BCUT2D eigenvalue weighted by Gasteiger charge is -2.27. The van der Waals surface area contributed by atoms with Crippen molar-refractivity contribution in [3.05, 3.63) is 0 Å². The number of hydrogen-bond donors (Lipinski definition) is 10. The standard InChI is InChI=1S/C20H40N10O5S/c1-10(2)14(17(33)29-13(9-36)18(34)35)30-16(32)12(6-4-8-27-20(24)25)28-15(31)11(21)5-3-7-26-19(22)23/h10-14,36H,3-9,21H2,1-2H3,(H,28,31)(H,29,33)(H,30,32)(H,34,35)(H4,22,23,26)(H4,24,25,27). The zero-order chi connectivity index (χ0) is 27.8. The second kappa shape index (κ2) is 17.2. The second-order valence-electron chi connectivity index (χ2n) is 8.38. The van der Waals surface area contributed by atoms with Crippen molar-refractivity contribution >= 4 is 48.2 Å². The molecule has 3 amide bonds. The van der Waals surface area contributed by atoms with E-state index in [0.29, 0.717) is 19.4 Å². The first-order valence-electron chi connectivity index (χ1n) is 11.4. The third kappa shape index (κ3) is 13.6. The van der Waals surface area contributed by atoms with Crippen LogP contribution in [0.2, 0.25) is 0 Å². The Morgan fingerprint density at radius 2 is 1.31 bits per heavy atom. The average Bonchev–Trinajstić information content (AvgIpc) is 2.79. The summed E-state index contributed by atoms with van der Waals surface area (Å²) in [4.78, 5) is 57.3. The molecule has 0 aromatic carbocycles. The molecule has 36 heavy (non-hydrogen) atoms. The van der Waals surface area contributed by atoms with Crippen molar-refractivity contribution in [2.45, 2.75) is 63.7 Å². The lowest BCUT2D eigenvalue weighted by molar-refractivity contribution is -0.142. The van der Waals surface area contributed by atoms with E-state index in [4.69, 9.17) is 33.8 Å². The van der Waals surface area contributed by atoms with Crippen molar-refractivity contribution in [1.82, 2.24) is 16.0 Å². The number of carbonyl (C=O) groups is 4. The molecule has 0 saturated heterocycles. The van der Waals surface area contributed by atoms with Crippen molar-refractivity contribution in [3.63, 3.8) is 0 Å². The number of guanidine groups is 2. The summed E-state index contributed by atoms with van der Waals surface area (Å²) in [5.74, 6) is -3.88. The van der Waals surface area contributed by atoms with Crippen LogP contribution >= 0.6 is 12.6 Å². The van der Waals surface area contributed by atoms with Crippen LogP contribution in [0.4, 0.5) is 0 Å². The van der Waals surface area contributed by atoms with E-state index in [1.807, 2.05) is 0 Å². The molecule has 0 aliphatic carbocycles. The molecule has 0 fully saturated rings. The normalized spacial score (nSPS) is 14.0. The Bertz CT molecular complexity index is 800. The van der Waals surface area contributed by atoms with Crippen LogP contribution < -0.4 is 44.6 Å². The second-order valence-corrected chi connectivity index (χ2v) is 8.74. The first kappa shape index (κ1) is 32.7. The van der Waals surface area contributed by atoms with Gasteiger partial charge in [-0.05, 0) is 31.6 Å². The van der Waals surface area contributed by atoms with E-state index in [1.54, 1.807) is 13.8 Å². The van der Waals surface area contributed by atoms with Gasteiger partial charge in [0.2, 0.25) is 17.7 Å². The van der Waals surface area contributed by atoms with Gasteiger partial charge in [-0.2, -0.15) is 12.6 Å². The smallest absolute Gasteiger partial charge is 0.327 e. The number of nitrogens with two attached hydrogens (primary N) is 5. The van der Waals surface area contributed by atoms with Gasteiger partial charge in [0.25, 0.3) is 0 Å². The van der Waals surface area contributed by atoms with Gasteiger partial charge in [0, 0.05) is 18.8 Å². The van der Waals surface area contributed by atoms with Crippen LogP contribution in [0.1, 0.15) is 39.5 Å². The summed E-state index contributed by atoms with van der Waals surface area (Å²) >= 11 is 3.92. The minimum atomic E-state index is -1.26. The predicted octanol–water partition coefficient (Wildman–Crippen LogP) is -3.45. The highest BCUT2D eigenvalue weighted by Crippen LogP contribution is 2.07. The van der Waals surface area contributed by atoms with Gasteiger partial charge in [0.1, 0.15) is 18.1 Å².